The topological polar surface area (TPSA) is 27.1 Å². The Kier molecular flexibility index (Phi) is 5.21. The molecule has 0 bridgehead atoms. The van der Waals surface area contributed by atoms with E-state index < -0.39 is 0 Å². The van der Waals surface area contributed by atoms with E-state index in [0.717, 1.165) is 28.6 Å². The largest absolute Gasteiger partial charge is 0.379 e. The Morgan fingerprint density at radius 3 is 3.00 bits per heavy atom. The minimum Gasteiger partial charge on any atom is -0.379 e. The summed E-state index contributed by atoms with van der Waals surface area (Å²) in [6.45, 7) is 2.18. The van der Waals surface area contributed by atoms with Crippen molar-refractivity contribution in [2.45, 2.75) is 6.54 Å². The minimum absolute atomic E-state index is 0.677. The molecule has 2 aromatic rings. The van der Waals surface area contributed by atoms with Gasteiger partial charge in [0.1, 0.15) is 0 Å². The van der Waals surface area contributed by atoms with Gasteiger partial charge in [0.2, 0.25) is 0 Å². The summed E-state index contributed by atoms with van der Waals surface area (Å²) in [6, 6.07) is 2.10. The van der Waals surface area contributed by atoms with Crippen LogP contribution in [0, 0.1) is 0 Å². The van der Waals surface area contributed by atoms with E-state index in [2.05, 4.69) is 53.8 Å². The van der Waals surface area contributed by atoms with Gasteiger partial charge in [0.05, 0.1) is 36.1 Å². The molecule has 2 aromatic heterocycles. The second-order valence-electron chi connectivity index (χ2n) is 3.38. The number of nitrogens with zero attached hydrogens (tertiary/aromatic N) is 2. The lowest BCUT2D eigenvalue weighted by Crippen LogP contribution is -2.09. The van der Waals surface area contributed by atoms with E-state index in [9.17, 15) is 0 Å². The van der Waals surface area contributed by atoms with Crippen LogP contribution in [0.5, 0.6) is 0 Å². The molecule has 0 unspecified atom stereocenters. The molecule has 2 heterocycles. The molecule has 0 aliphatic carbocycles. The van der Waals surface area contributed by atoms with E-state index >= 15 is 0 Å². The average Bonchev–Trinajstić information content (AvgIpc) is 2.94. The second-order valence-corrected chi connectivity index (χ2v) is 5.81. The van der Waals surface area contributed by atoms with E-state index in [1.165, 1.54) is 5.56 Å². The molecule has 92 valence electrons. The molecular formula is C11H12Br2N2OS. The molecule has 0 N–H and O–H groups in total. The molecule has 3 nitrogen and oxygen atoms in total. The monoisotopic (exact) mass is 378 g/mol. The van der Waals surface area contributed by atoms with Crippen LogP contribution in [0.2, 0.25) is 0 Å². The first-order chi connectivity index (χ1) is 8.33. The highest BCUT2D eigenvalue weighted by Crippen LogP contribution is 2.29. The van der Waals surface area contributed by atoms with Crippen molar-refractivity contribution >= 4 is 43.2 Å². The number of ether oxygens (including phenoxy) is 1. The highest BCUT2D eigenvalue weighted by molar-refractivity contribution is 9.10. The molecular weight excluding hydrogens is 368 g/mol. The van der Waals surface area contributed by atoms with Crippen LogP contribution in [0.15, 0.2) is 27.5 Å². The number of halogens is 2. The fourth-order valence-electron chi connectivity index (χ4n) is 1.53. The zero-order chi connectivity index (χ0) is 12.1. The van der Waals surface area contributed by atoms with Gasteiger partial charge in [-0.15, -0.1) is 0 Å². The minimum atomic E-state index is 0.677. The molecule has 0 saturated carbocycles. The quantitative estimate of drug-likeness (QED) is 0.564. The van der Waals surface area contributed by atoms with Gasteiger partial charge < -0.3 is 4.74 Å². The van der Waals surface area contributed by atoms with Gasteiger partial charge in [0.25, 0.3) is 0 Å². The lowest BCUT2D eigenvalue weighted by molar-refractivity contribution is 0.139. The fourth-order valence-corrected chi connectivity index (χ4v) is 2.92. The predicted octanol–water partition coefficient (Wildman–Crippen LogP) is 3.79. The van der Waals surface area contributed by atoms with Gasteiger partial charge in [0, 0.05) is 16.3 Å². The maximum Gasteiger partial charge on any atom is 0.0833 e. The van der Waals surface area contributed by atoms with Crippen LogP contribution in [0.3, 0.4) is 0 Å². The number of thiophene rings is 1. The summed E-state index contributed by atoms with van der Waals surface area (Å²) < 4.78 is 8.44. The molecule has 17 heavy (non-hydrogen) atoms. The third-order valence-corrected chi connectivity index (χ3v) is 3.85. The van der Waals surface area contributed by atoms with E-state index in [1.54, 1.807) is 11.3 Å². The third-order valence-electron chi connectivity index (χ3n) is 2.26. The standard InChI is InChI=1S/C11H12Br2N2OS/c12-2-4-16-5-3-15-11(10(13)7-14-15)9-1-6-17-8-9/h1,6-8H,2-5H2. The van der Waals surface area contributed by atoms with Crippen molar-refractivity contribution in [2.75, 3.05) is 18.5 Å². The van der Waals surface area contributed by atoms with Gasteiger partial charge in [0.15, 0.2) is 0 Å². The summed E-state index contributed by atoms with van der Waals surface area (Å²) in [5.74, 6) is 0. The zero-order valence-corrected chi connectivity index (χ0v) is 13.1. The number of hydrogen-bond donors (Lipinski definition) is 0. The van der Waals surface area contributed by atoms with Crippen LogP contribution >= 0.6 is 43.2 Å². The molecule has 0 amide bonds. The molecule has 0 spiro atoms. The van der Waals surface area contributed by atoms with Crippen molar-refractivity contribution < 1.29 is 4.74 Å². The molecule has 0 saturated heterocycles. The Labute approximate surface area is 121 Å². The van der Waals surface area contributed by atoms with Crippen molar-refractivity contribution in [3.63, 3.8) is 0 Å². The van der Waals surface area contributed by atoms with Gasteiger partial charge >= 0.3 is 0 Å². The highest BCUT2D eigenvalue weighted by atomic mass is 79.9. The summed E-state index contributed by atoms with van der Waals surface area (Å²) in [7, 11) is 0. The molecule has 0 fully saturated rings. The first-order valence-corrected chi connectivity index (χ1v) is 8.06. The Balaban J connectivity index is 2.08. The first-order valence-electron chi connectivity index (χ1n) is 5.20. The predicted molar refractivity (Wildman–Crippen MR) is 77.9 cm³/mol. The summed E-state index contributed by atoms with van der Waals surface area (Å²) in [6.07, 6.45) is 1.83. The Hall–Kier alpha value is -0.170. The second kappa shape index (κ2) is 6.68. The Bertz CT molecular complexity index is 456. The van der Waals surface area contributed by atoms with Crippen LogP contribution in [0.4, 0.5) is 0 Å². The van der Waals surface area contributed by atoms with Crippen LogP contribution in [0.1, 0.15) is 0 Å². The molecule has 0 aromatic carbocycles. The van der Waals surface area contributed by atoms with Crippen molar-refractivity contribution in [1.29, 1.82) is 0 Å². The summed E-state index contributed by atoms with van der Waals surface area (Å²) in [5, 5.41) is 9.41. The molecule has 2 rings (SSSR count). The van der Waals surface area contributed by atoms with Gasteiger partial charge in [-0.05, 0) is 27.4 Å². The lowest BCUT2D eigenvalue weighted by Gasteiger charge is -2.07. The third kappa shape index (κ3) is 3.40. The zero-order valence-electron chi connectivity index (χ0n) is 9.10. The van der Waals surface area contributed by atoms with Crippen molar-refractivity contribution in [3.8, 4) is 11.3 Å². The number of alkyl halides is 1. The normalized spacial score (nSPS) is 10.9. The van der Waals surface area contributed by atoms with Gasteiger partial charge in [-0.1, -0.05) is 15.9 Å². The van der Waals surface area contributed by atoms with Crippen molar-refractivity contribution in [2.24, 2.45) is 0 Å². The lowest BCUT2D eigenvalue weighted by atomic mass is 10.2. The molecule has 0 atom stereocenters. The average molecular weight is 380 g/mol. The summed E-state index contributed by atoms with van der Waals surface area (Å²) >= 11 is 8.55. The highest BCUT2D eigenvalue weighted by Gasteiger charge is 2.11. The Morgan fingerprint density at radius 1 is 1.41 bits per heavy atom. The maximum atomic E-state index is 5.45. The summed E-state index contributed by atoms with van der Waals surface area (Å²) in [5.41, 5.74) is 2.31. The van der Waals surface area contributed by atoms with E-state index in [1.807, 2.05) is 10.9 Å². The van der Waals surface area contributed by atoms with Gasteiger partial charge in [-0.3, -0.25) is 4.68 Å². The van der Waals surface area contributed by atoms with Crippen molar-refractivity contribution in [1.82, 2.24) is 9.78 Å². The Morgan fingerprint density at radius 2 is 2.29 bits per heavy atom. The van der Waals surface area contributed by atoms with Gasteiger partial charge in [-0.25, -0.2) is 0 Å². The first kappa shape index (κ1) is 13.3. The molecule has 6 heteroatoms. The number of rotatable bonds is 6. The summed E-state index contributed by atoms with van der Waals surface area (Å²) in [4.78, 5) is 0. The maximum absolute atomic E-state index is 5.45. The molecule has 0 aliphatic rings. The van der Waals surface area contributed by atoms with E-state index in [4.69, 9.17) is 4.74 Å². The van der Waals surface area contributed by atoms with E-state index in [-0.39, 0.29) is 0 Å². The number of hydrogen-bond acceptors (Lipinski definition) is 3. The van der Waals surface area contributed by atoms with Crippen molar-refractivity contribution in [3.05, 3.63) is 27.5 Å². The van der Waals surface area contributed by atoms with Crippen LogP contribution < -0.4 is 0 Å². The molecule has 0 radical (unpaired) electrons. The molecule has 0 aliphatic heterocycles. The fraction of sp³-hybridized carbons (Fsp3) is 0.364. The SMILES string of the molecule is BrCCOCCn1ncc(Br)c1-c1ccsc1. The smallest absolute Gasteiger partial charge is 0.0833 e. The van der Waals surface area contributed by atoms with Crippen LogP contribution in [-0.4, -0.2) is 28.3 Å². The van der Waals surface area contributed by atoms with Crippen LogP contribution in [0.25, 0.3) is 11.3 Å². The number of aromatic nitrogens is 2. The van der Waals surface area contributed by atoms with Gasteiger partial charge in [-0.2, -0.15) is 16.4 Å². The van der Waals surface area contributed by atoms with Crippen LogP contribution in [-0.2, 0) is 11.3 Å². The van der Waals surface area contributed by atoms with E-state index in [0.29, 0.717) is 6.61 Å².